The van der Waals surface area contributed by atoms with Crippen molar-refractivity contribution in [2.75, 3.05) is 18.5 Å². The number of amides is 1. The van der Waals surface area contributed by atoms with Crippen molar-refractivity contribution >= 4 is 21.6 Å². The first-order chi connectivity index (χ1) is 13.9. The van der Waals surface area contributed by atoms with Gasteiger partial charge in [0.05, 0.1) is 17.7 Å². The number of carbonyl (C=O) groups is 1. The molecule has 0 aliphatic heterocycles. The molecule has 0 unspecified atom stereocenters. The molecule has 0 saturated heterocycles. The number of para-hydroxylation sites is 1. The third-order valence-corrected chi connectivity index (χ3v) is 6.15. The van der Waals surface area contributed by atoms with Gasteiger partial charge in [-0.2, -0.15) is 0 Å². The second-order valence-electron chi connectivity index (χ2n) is 6.22. The first kappa shape index (κ1) is 20.3. The van der Waals surface area contributed by atoms with Crippen molar-refractivity contribution in [3.63, 3.8) is 0 Å². The normalized spacial score (nSPS) is 11.0. The van der Waals surface area contributed by atoms with E-state index in [0.717, 1.165) is 5.56 Å². The van der Waals surface area contributed by atoms with E-state index in [9.17, 15) is 13.2 Å². The number of rotatable bonds is 7. The molecule has 8 heteroatoms. The summed E-state index contributed by atoms with van der Waals surface area (Å²) in [6.45, 7) is 0.298. The summed E-state index contributed by atoms with van der Waals surface area (Å²) in [5, 5.41) is 2.78. The standard InChI is InChI=1S/C21H21N3O4S/c1-24(18-6-4-3-5-7-18)29(26,27)19-11-9-17(10-12-19)21(25)23-15-16-8-13-20(28-2)22-14-16/h3-14H,15H2,1-2H3,(H,23,25). The van der Waals surface area contributed by atoms with E-state index in [2.05, 4.69) is 10.3 Å². The number of hydrogen-bond acceptors (Lipinski definition) is 5. The van der Waals surface area contributed by atoms with Crippen molar-refractivity contribution in [1.82, 2.24) is 10.3 Å². The van der Waals surface area contributed by atoms with Gasteiger partial charge in [0, 0.05) is 31.4 Å². The van der Waals surface area contributed by atoms with Gasteiger partial charge in [0.2, 0.25) is 5.88 Å². The quantitative estimate of drug-likeness (QED) is 0.646. The van der Waals surface area contributed by atoms with Crippen LogP contribution in [0.15, 0.2) is 77.8 Å². The van der Waals surface area contributed by atoms with Gasteiger partial charge in [-0.15, -0.1) is 0 Å². The Bertz CT molecular complexity index is 1070. The zero-order valence-electron chi connectivity index (χ0n) is 16.1. The SMILES string of the molecule is COc1ccc(CNC(=O)c2ccc(S(=O)(=O)N(C)c3ccccc3)cc2)cn1. The number of hydrogen-bond donors (Lipinski definition) is 1. The third-order valence-electron chi connectivity index (χ3n) is 4.35. The monoisotopic (exact) mass is 411 g/mol. The number of methoxy groups -OCH3 is 1. The van der Waals surface area contributed by atoms with Crippen molar-refractivity contribution < 1.29 is 17.9 Å². The Morgan fingerprint density at radius 2 is 1.72 bits per heavy atom. The van der Waals surface area contributed by atoms with Crippen molar-refractivity contribution in [2.45, 2.75) is 11.4 Å². The largest absolute Gasteiger partial charge is 0.481 e. The van der Waals surface area contributed by atoms with Gasteiger partial charge >= 0.3 is 0 Å². The number of ether oxygens (including phenoxy) is 1. The van der Waals surface area contributed by atoms with Crippen molar-refractivity contribution in [3.05, 3.63) is 84.1 Å². The van der Waals surface area contributed by atoms with Gasteiger partial charge < -0.3 is 10.1 Å². The summed E-state index contributed by atoms with van der Waals surface area (Å²) >= 11 is 0. The van der Waals surface area contributed by atoms with Crippen LogP contribution in [-0.4, -0.2) is 33.5 Å². The lowest BCUT2D eigenvalue weighted by Gasteiger charge is -2.19. The molecule has 0 radical (unpaired) electrons. The van der Waals surface area contributed by atoms with E-state index in [0.29, 0.717) is 23.7 Å². The fourth-order valence-electron chi connectivity index (χ4n) is 2.63. The Balaban J connectivity index is 1.67. The van der Waals surface area contributed by atoms with Crippen LogP contribution in [0.1, 0.15) is 15.9 Å². The Hall–Kier alpha value is -3.39. The van der Waals surface area contributed by atoms with Gasteiger partial charge in [-0.3, -0.25) is 9.10 Å². The molecule has 1 aromatic heterocycles. The molecule has 7 nitrogen and oxygen atoms in total. The molecule has 0 atom stereocenters. The third kappa shape index (κ3) is 4.72. The topological polar surface area (TPSA) is 88.6 Å². The molecule has 0 bridgehead atoms. The highest BCUT2D eigenvalue weighted by atomic mass is 32.2. The van der Waals surface area contributed by atoms with Gasteiger partial charge in [0.1, 0.15) is 0 Å². The lowest BCUT2D eigenvalue weighted by atomic mass is 10.2. The van der Waals surface area contributed by atoms with E-state index in [1.807, 2.05) is 6.07 Å². The molecule has 2 aromatic carbocycles. The van der Waals surface area contributed by atoms with E-state index in [1.54, 1.807) is 42.6 Å². The summed E-state index contributed by atoms with van der Waals surface area (Å²) in [4.78, 5) is 16.5. The molecule has 3 rings (SSSR count). The highest BCUT2D eigenvalue weighted by molar-refractivity contribution is 7.92. The zero-order valence-corrected chi connectivity index (χ0v) is 16.9. The molecule has 0 spiro atoms. The van der Waals surface area contributed by atoms with E-state index >= 15 is 0 Å². The van der Waals surface area contributed by atoms with Crippen LogP contribution in [0.2, 0.25) is 0 Å². The molecular weight excluding hydrogens is 390 g/mol. The van der Waals surface area contributed by atoms with Crippen molar-refractivity contribution in [1.29, 1.82) is 0 Å². The van der Waals surface area contributed by atoms with E-state index in [4.69, 9.17) is 4.74 Å². The number of anilines is 1. The van der Waals surface area contributed by atoms with Gasteiger partial charge in [-0.1, -0.05) is 24.3 Å². The molecule has 0 aliphatic carbocycles. The lowest BCUT2D eigenvalue weighted by Crippen LogP contribution is -2.27. The predicted molar refractivity (Wildman–Crippen MR) is 110 cm³/mol. The number of aromatic nitrogens is 1. The maximum Gasteiger partial charge on any atom is 0.264 e. The number of nitrogens with one attached hydrogen (secondary N) is 1. The zero-order chi connectivity index (χ0) is 20.9. The van der Waals surface area contributed by atoms with Gasteiger partial charge in [-0.25, -0.2) is 13.4 Å². The number of pyridine rings is 1. The molecule has 1 N–H and O–H groups in total. The second kappa shape index (κ2) is 8.74. The van der Waals surface area contributed by atoms with Crippen molar-refractivity contribution in [2.24, 2.45) is 0 Å². The molecular formula is C21H21N3O4S. The maximum absolute atomic E-state index is 12.8. The van der Waals surface area contributed by atoms with Crippen molar-refractivity contribution in [3.8, 4) is 5.88 Å². The fraction of sp³-hybridized carbons (Fsp3) is 0.143. The highest BCUT2D eigenvalue weighted by Gasteiger charge is 2.21. The molecule has 1 heterocycles. The molecule has 1 amide bonds. The summed E-state index contributed by atoms with van der Waals surface area (Å²) < 4.78 is 31.8. The van der Waals surface area contributed by atoms with Crippen LogP contribution in [0.3, 0.4) is 0 Å². The van der Waals surface area contributed by atoms with E-state index in [-0.39, 0.29) is 10.8 Å². The Morgan fingerprint density at radius 3 is 2.31 bits per heavy atom. The smallest absolute Gasteiger partial charge is 0.264 e. The molecule has 150 valence electrons. The van der Waals surface area contributed by atoms with Crippen LogP contribution >= 0.6 is 0 Å². The van der Waals surface area contributed by atoms with Crippen LogP contribution in [0.4, 0.5) is 5.69 Å². The predicted octanol–water partition coefficient (Wildman–Crippen LogP) is 2.85. The summed E-state index contributed by atoms with van der Waals surface area (Å²) in [6, 6.07) is 18.2. The Labute approximate surface area is 170 Å². The maximum atomic E-state index is 12.8. The van der Waals surface area contributed by atoms with Crippen LogP contribution < -0.4 is 14.4 Å². The molecule has 3 aromatic rings. The summed E-state index contributed by atoms with van der Waals surface area (Å²) in [6.07, 6.45) is 1.62. The minimum Gasteiger partial charge on any atom is -0.481 e. The van der Waals surface area contributed by atoms with Crippen LogP contribution in [0, 0.1) is 0 Å². The molecule has 29 heavy (non-hydrogen) atoms. The summed E-state index contributed by atoms with van der Waals surface area (Å²) in [5.74, 6) is 0.193. The van der Waals surface area contributed by atoms with E-state index in [1.165, 1.54) is 42.7 Å². The number of carbonyl (C=O) groups excluding carboxylic acids is 1. The molecule has 0 saturated carbocycles. The number of nitrogens with zero attached hydrogens (tertiary/aromatic N) is 2. The van der Waals surface area contributed by atoms with E-state index < -0.39 is 10.0 Å². The average Bonchev–Trinajstić information content (AvgIpc) is 2.78. The second-order valence-corrected chi connectivity index (χ2v) is 8.19. The first-order valence-corrected chi connectivity index (χ1v) is 10.3. The molecule has 0 aliphatic rings. The minimum absolute atomic E-state index is 0.111. The number of benzene rings is 2. The summed E-state index contributed by atoms with van der Waals surface area (Å²) in [7, 11) is -0.688. The van der Waals surface area contributed by atoms with Crippen LogP contribution in [-0.2, 0) is 16.6 Å². The van der Waals surface area contributed by atoms with Crippen LogP contribution in [0.25, 0.3) is 0 Å². The minimum atomic E-state index is -3.71. The fourth-order valence-corrected chi connectivity index (χ4v) is 3.83. The first-order valence-electron chi connectivity index (χ1n) is 8.83. The number of sulfonamides is 1. The lowest BCUT2D eigenvalue weighted by molar-refractivity contribution is 0.0951. The van der Waals surface area contributed by atoms with Gasteiger partial charge in [-0.05, 0) is 42.0 Å². The summed E-state index contributed by atoms with van der Waals surface area (Å²) in [5.41, 5.74) is 1.75. The van der Waals surface area contributed by atoms with Gasteiger partial charge in [0.15, 0.2) is 0 Å². The highest BCUT2D eigenvalue weighted by Crippen LogP contribution is 2.22. The molecule has 0 fully saturated rings. The Morgan fingerprint density at radius 1 is 1.03 bits per heavy atom. The van der Waals surface area contributed by atoms with Gasteiger partial charge in [0.25, 0.3) is 15.9 Å². The average molecular weight is 411 g/mol. The Kier molecular flexibility index (Phi) is 6.13. The van der Waals surface area contributed by atoms with Crippen LogP contribution in [0.5, 0.6) is 5.88 Å².